The Morgan fingerprint density at radius 3 is 1.98 bits per heavy atom. The van der Waals surface area contributed by atoms with Crippen LogP contribution < -0.4 is 0 Å². The molecule has 0 aromatic carbocycles. The van der Waals surface area contributed by atoms with Crippen molar-refractivity contribution in [1.29, 1.82) is 0 Å². The van der Waals surface area contributed by atoms with Gasteiger partial charge in [0, 0.05) is 30.2 Å². The number of esters is 1. The first-order chi connectivity index (χ1) is 21.5. The molecule has 3 saturated heterocycles. The van der Waals surface area contributed by atoms with Gasteiger partial charge in [0.05, 0.1) is 30.3 Å². The summed E-state index contributed by atoms with van der Waals surface area (Å²) in [4.78, 5) is 29.7. The van der Waals surface area contributed by atoms with E-state index in [0.29, 0.717) is 25.2 Å². The lowest BCUT2D eigenvalue weighted by Crippen LogP contribution is -2.56. The SMILES string of the molecule is CCC[C@H]1OC(=O)[C@H](C)C(OC2CC(C)CC(C)O2)[C@H](C)C(O[C@H]2OC(C)CC(N(C)C)C2O)[C@@H](C)C[C@@H](C)C(=O)[C@H](C)C[C@H]1C. The number of nitrogens with zero attached hydrogens (tertiary/aromatic N) is 1. The molecule has 0 radical (unpaired) electrons. The Balaban J connectivity index is 2.05. The molecule has 9 nitrogen and oxygen atoms in total. The molecule has 3 aliphatic rings. The standard InChI is InChI=1S/C37H67NO8/c1-13-14-30-21(3)17-22(4)32(39)23(5)18-24(6)34(46-37-33(40)29(38(11)12)19-26(8)43-37)27(9)35(28(10)36(41)44-30)45-31-16-20(2)15-25(7)42-31/h20-31,33-35,37,40H,13-19H2,1-12H3/t20?,21-,22-,23-,24+,25?,26?,27-,28-,29?,30-,31?,33?,34?,35?,37-/m1/s1. The number of ketones is 1. The average Bonchev–Trinajstić information content (AvgIpc) is 2.97. The van der Waals surface area contributed by atoms with Crippen LogP contribution in [0, 0.1) is 41.4 Å². The van der Waals surface area contributed by atoms with E-state index in [-0.39, 0.29) is 65.7 Å². The molecule has 0 aromatic rings. The Bertz CT molecular complexity index is 952. The van der Waals surface area contributed by atoms with Gasteiger partial charge in [0.2, 0.25) is 0 Å². The van der Waals surface area contributed by atoms with Crippen molar-refractivity contribution in [2.75, 3.05) is 14.1 Å². The molecule has 3 aliphatic heterocycles. The van der Waals surface area contributed by atoms with Crippen molar-refractivity contribution in [1.82, 2.24) is 4.90 Å². The van der Waals surface area contributed by atoms with Crippen LogP contribution >= 0.6 is 0 Å². The Kier molecular flexibility index (Phi) is 15.0. The van der Waals surface area contributed by atoms with Gasteiger partial charge < -0.3 is 33.7 Å². The highest BCUT2D eigenvalue weighted by Crippen LogP contribution is 2.37. The molecular formula is C37H67NO8. The van der Waals surface area contributed by atoms with Crippen LogP contribution in [0.1, 0.15) is 114 Å². The minimum atomic E-state index is -0.862. The quantitative estimate of drug-likeness (QED) is 0.320. The number of aliphatic hydroxyl groups excluding tert-OH is 1. The van der Waals surface area contributed by atoms with E-state index in [9.17, 15) is 14.7 Å². The smallest absolute Gasteiger partial charge is 0.311 e. The lowest BCUT2D eigenvalue weighted by atomic mass is 9.77. The molecule has 0 aromatic heterocycles. The number of rotatable bonds is 7. The first-order valence-electron chi connectivity index (χ1n) is 18.2. The summed E-state index contributed by atoms with van der Waals surface area (Å²) in [6, 6.07) is -0.128. The summed E-state index contributed by atoms with van der Waals surface area (Å²) in [5, 5.41) is 11.4. The lowest BCUT2D eigenvalue weighted by Gasteiger charge is -2.45. The molecule has 3 fully saturated rings. The zero-order valence-electron chi connectivity index (χ0n) is 30.9. The van der Waals surface area contributed by atoms with Crippen LogP contribution in [0.25, 0.3) is 0 Å². The van der Waals surface area contributed by atoms with Gasteiger partial charge in [0.1, 0.15) is 18.0 Å². The predicted octanol–water partition coefficient (Wildman–Crippen LogP) is 6.24. The maximum absolute atomic E-state index is 14.0. The second kappa shape index (κ2) is 17.5. The fourth-order valence-corrected chi connectivity index (χ4v) is 8.35. The third kappa shape index (κ3) is 10.2. The van der Waals surface area contributed by atoms with E-state index in [2.05, 4.69) is 41.5 Å². The summed E-state index contributed by atoms with van der Waals surface area (Å²) < 4.78 is 32.4. The molecule has 0 saturated carbocycles. The Morgan fingerprint density at radius 1 is 0.783 bits per heavy atom. The number of hydrogen-bond donors (Lipinski definition) is 1. The first-order valence-corrected chi connectivity index (χ1v) is 18.2. The van der Waals surface area contributed by atoms with Crippen LogP contribution in [0.15, 0.2) is 0 Å². The van der Waals surface area contributed by atoms with Crippen molar-refractivity contribution >= 4 is 11.8 Å². The minimum Gasteiger partial charge on any atom is -0.462 e. The maximum Gasteiger partial charge on any atom is 0.311 e. The molecule has 1 N–H and O–H groups in total. The first kappa shape index (κ1) is 39.3. The topological polar surface area (TPSA) is 104 Å². The van der Waals surface area contributed by atoms with Crippen LogP contribution in [0.2, 0.25) is 0 Å². The summed E-state index contributed by atoms with van der Waals surface area (Å²) in [5.74, 6) is -0.948. The lowest BCUT2D eigenvalue weighted by molar-refractivity contribution is -0.292. The molecule has 16 atom stereocenters. The molecule has 0 spiro atoms. The highest BCUT2D eigenvalue weighted by Gasteiger charge is 2.46. The van der Waals surface area contributed by atoms with Crippen LogP contribution in [-0.4, -0.2) is 91.1 Å². The largest absolute Gasteiger partial charge is 0.462 e. The fraction of sp³-hybridized carbons (Fsp3) is 0.946. The van der Waals surface area contributed by atoms with Gasteiger partial charge in [0.25, 0.3) is 0 Å². The van der Waals surface area contributed by atoms with Crippen molar-refractivity contribution in [3.05, 3.63) is 0 Å². The van der Waals surface area contributed by atoms with Gasteiger partial charge in [0.15, 0.2) is 12.6 Å². The zero-order valence-corrected chi connectivity index (χ0v) is 30.9. The minimum absolute atomic E-state index is 0.0506. The van der Waals surface area contributed by atoms with Gasteiger partial charge >= 0.3 is 5.97 Å². The van der Waals surface area contributed by atoms with Crippen LogP contribution in [0.5, 0.6) is 0 Å². The van der Waals surface area contributed by atoms with Gasteiger partial charge in [-0.1, -0.05) is 54.9 Å². The van der Waals surface area contributed by atoms with Gasteiger partial charge in [-0.15, -0.1) is 0 Å². The number of carbonyl (C=O) groups excluding carboxylic acids is 2. The average molecular weight is 654 g/mol. The number of ether oxygens (including phenoxy) is 5. The van der Waals surface area contributed by atoms with Crippen molar-refractivity contribution in [3.8, 4) is 0 Å². The Labute approximate surface area is 279 Å². The molecule has 46 heavy (non-hydrogen) atoms. The third-order valence-electron chi connectivity index (χ3n) is 10.9. The van der Waals surface area contributed by atoms with Crippen LogP contribution in [-0.2, 0) is 33.3 Å². The normalized spacial score (nSPS) is 45.7. The molecule has 9 heteroatoms. The van der Waals surface area contributed by atoms with Crippen LogP contribution in [0.4, 0.5) is 0 Å². The number of carbonyl (C=O) groups is 2. The molecule has 0 amide bonds. The van der Waals surface area contributed by atoms with E-state index in [1.54, 1.807) is 0 Å². The second-order valence-electron chi connectivity index (χ2n) is 15.8. The summed E-state index contributed by atoms with van der Waals surface area (Å²) in [7, 11) is 3.92. The molecule has 8 unspecified atom stereocenters. The molecule has 0 aliphatic carbocycles. The number of Topliss-reactive ketones (excluding diaryl/α,β-unsaturated/α-hetero) is 1. The van der Waals surface area contributed by atoms with E-state index in [1.807, 2.05) is 46.7 Å². The maximum atomic E-state index is 14.0. The summed E-state index contributed by atoms with van der Waals surface area (Å²) >= 11 is 0. The van der Waals surface area contributed by atoms with E-state index < -0.39 is 36.8 Å². The van der Waals surface area contributed by atoms with E-state index >= 15 is 0 Å². The van der Waals surface area contributed by atoms with Gasteiger partial charge in [-0.2, -0.15) is 0 Å². The van der Waals surface area contributed by atoms with Gasteiger partial charge in [-0.05, 0) is 84.7 Å². The highest BCUT2D eigenvalue weighted by atomic mass is 16.7. The molecule has 268 valence electrons. The molecule has 0 bridgehead atoms. The molecule has 3 heterocycles. The van der Waals surface area contributed by atoms with Gasteiger partial charge in [-0.25, -0.2) is 0 Å². The Morgan fingerprint density at radius 2 is 1.39 bits per heavy atom. The monoisotopic (exact) mass is 653 g/mol. The molecule has 3 rings (SSSR count). The van der Waals surface area contributed by atoms with Gasteiger partial charge in [-0.3, -0.25) is 9.59 Å². The van der Waals surface area contributed by atoms with Crippen molar-refractivity contribution in [3.63, 3.8) is 0 Å². The summed E-state index contributed by atoms with van der Waals surface area (Å²) in [5.41, 5.74) is 0. The summed E-state index contributed by atoms with van der Waals surface area (Å²) in [6.07, 6.45) is 1.69. The predicted molar refractivity (Wildman–Crippen MR) is 179 cm³/mol. The number of aliphatic hydroxyl groups is 1. The summed E-state index contributed by atoms with van der Waals surface area (Å²) in [6.45, 7) is 20.5. The number of likely N-dealkylation sites (N-methyl/N-ethyl adjacent to an activating group) is 1. The molecular weight excluding hydrogens is 586 g/mol. The number of cyclic esters (lactones) is 1. The van der Waals surface area contributed by atoms with E-state index in [1.165, 1.54) is 0 Å². The van der Waals surface area contributed by atoms with E-state index in [0.717, 1.165) is 25.7 Å². The second-order valence-corrected chi connectivity index (χ2v) is 15.8. The fourth-order valence-electron chi connectivity index (χ4n) is 8.35. The van der Waals surface area contributed by atoms with Crippen molar-refractivity contribution in [2.45, 2.75) is 169 Å². The number of hydrogen-bond acceptors (Lipinski definition) is 9. The highest BCUT2D eigenvalue weighted by molar-refractivity contribution is 5.82. The third-order valence-corrected chi connectivity index (χ3v) is 10.9. The van der Waals surface area contributed by atoms with Crippen LogP contribution in [0.3, 0.4) is 0 Å². The zero-order chi connectivity index (χ0) is 34.5. The van der Waals surface area contributed by atoms with Crippen molar-refractivity contribution < 1.29 is 38.4 Å². The van der Waals surface area contributed by atoms with E-state index in [4.69, 9.17) is 23.7 Å². The Hall–Kier alpha value is -1.10. The van der Waals surface area contributed by atoms with Crippen molar-refractivity contribution in [2.24, 2.45) is 41.4 Å².